The van der Waals surface area contributed by atoms with Crippen LogP contribution < -0.4 is 0 Å². The van der Waals surface area contributed by atoms with Crippen LogP contribution in [0.2, 0.25) is 0 Å². The first kappa shape index (κ1) is 23.5. The molecule has 0 atom stereocenters. The summed E-state index contributed by atoms with van der Waals surface area (Å²) in [6.45, 7) is 9.43. The molecule has 0 saturated carbocycles. The first-order valence-electron chi connectivity index (χ1n) is 12.6. The van der Waals surface area contributed by atoms with Gasteiger partial charge in [0.05, 0.1) is 0 Å². The second kappa shape index (κ2) is 12.7. The second-order valence-electron chi connectivity index (χ2n) is 10.5. The van der Waals surface area contributed by atoms with Gasteiger partial charge in [-0.1, -0.05) is 116 Å². The molecule has 160 valence electrons. The lowest BCUT2D eigenvalue weighted by molar-refractivity contribution is 0.288. The fraction of sp³-hybridized carbons (Fsp3) is 0.786. The van der Waals surface area contributed by atoms with Crippen molar-refractivity contribution in [3.8, 4) is 0 Å². The molecule has 0 amide bonds. The zero-order valence-corrected chi connectivity index (χ0v) is 19.6. The van der Waals surface area contributed by atoms with Gasteiger partial charge in [0.15, 0.2) is 0 Å². The molecule has 0 spiro atoms. The van der Waals surface area contributed by atoms with Crippen LogP contribution in [0, 0.1) is 11.8 Å². The molecule has 0 radical (unpaired) electrons. The second-order valence-corrected chi connectivity index (χ2v) is 10.5. The largest absolute Gasteiger partial charge is 0.0628 e. The molecule has 0 aromatic heterocycles. The standard InChI is InChI=1S/C28H48/c1-24(2)16-9-5-7-13-21-28(22-14-8-6-10-17-25(3)4)23-15-19-26-18-11-12-20-27(26)28/h11-12,18,20,24-25H,5-10,13-17,19,21-23H2,1-4H3. The van der Waals surface area contributed by atoms with Crippen molar-refractivity contribution < 1.29 is 0 Å². The predicted octanol–water partition coefficient (Wildman–Crippen LogP) is 9.25. The van der Waals surface area contributed by atoms with E-state index in [4.69, 9.17) is 0 Å². The van der Waals surface area contributed by atoms with Crippen molar-refractivity contribution >= 4 is 0 Å². The van der Waals surface area contributed by atoms with E-state index in [2.05, 4.69) is 52.0 Å². The molecule has 1 aromatic rings. The van der Waals surface area contributed by atoms with Crippen molar-refractivity contribution in [1.29, 1.82) is 0 Å². The van der Waals surface area contributed by atoms with E-state index in [1.165, 1.54) is 96.3 Å². The summed E-state index contributed by atoms with van der Waals surface area (Å²) >= 11 is 0. The third-order valence-corrected chi connectivity index (χ3v) is 7.06. The molecule has 0 bridgehead atoms. The van der Waals surface area contributed by atoms with E-state index in [9.17, 15) is 0 Å². The molecule has 1 aromatic carbocycles. The molecule has 1 aliphatic carbocycles. The highest BCUT2D eigenvalue weighted by molar-refractivity contribution is 5.36. The Morgan fingerprint density at radius 3 is 1.82 bits per heavy atom. The summed E-state index contributed by atoms with van der Waals surface area (Å²) in [4.78, 5) is 0. The third-order valence-electron chi connectivity index (χ3n) is 7.06. The minimum Gasteiger partial charge on any atom is -0.0628 e. The monoisotopic (exact) mass is 384 g/mol. The molecule has 0 fully saturated rings. The molecular weight excluding hydrogens is 336 g/mol. The van der Waals surface area contributed by atoms with Crippen molar-refractivity contribution in [2.75, 3.05) is 0 Å². The van der Waals surface area contributed by atoms with E-state index in [0.717, 1.165) is 11.8 Å². The van der Waals surface area contributed by atoms with Gasteiger partial charge in [-0.05, 0) is 60.5 Å². The first-order chi connectivity index (χ1) is 13.5. The maximum Gasteiger partial charge on any atom is -0.00441 e. The average molecular weight is 385 g/mol. The summed E-state index contributed by atoms with van der Waals surface area (Å²) in [6, 6.07) is 9.44. The molecule has 0 aliphatic heterocycles. The Morgan fingerprint density at radius 2 is 1.25 bits per heavy atom. The van der Waals surface area contributed by atoms with Crippen LogP contribution in [-0.4, -0.2) is 0 Å². The zero-order valence-electron chi connectivity index (χ0n) is 19.6. The van der Waals surface area contributed by atoms with E-state index in [-0.39, 0.29) is 0 Å². The molecular formula is C28H48. The van der Waals surface area contributed by atoms with E-state index in [1.807, 2.05) is 0 Å². The Kier molecular flexibility index (Phi) is 10.7. The summed E-state index contributed by atoms with van der Waals surface area (Å²) in [5.74, 6) is 1.74. The Bertz CT molecular complexity index is 505. The van der Waals surface area contributed by atoms with Gasteiger partial charge < -0.3 is 0 Å². The number of fused-ring (bicyclic) bond motifs is 1. The molecule has 0 N–H and O–H groups in total. The zero-order chi connectivity index (χ0) is 20.2. The fourth-order valence-electron chi connectivity index (χ4n) is 5.39. The normalized spacial score (nSPS) is 15.9. The van der Waals surface area contributed by atoms with Crippen LogP contribution in [0.5, 0.6) is 0 Å². The lowest BCUT2D eigenvalue weighted by Crippen LogP contribution is -2.31. The lowest BCUT2D eigenvalue weighted by Gasteiger charge is -2.40. The fourth-order valence-corrected chi connectivity index (χ4v) is 5.39. The highest BCUT2D eigenvalue weighted by Crippen LogP contribution is 2.45. The molecule has 0 heterocycles. The summed E-state index contributed by atoms with van der Waals surface area (Å²) in [7, 11) is 0. The Morgan fingerprint density at radius 1 is 0.714 bits per heavy atom. The number of aryl methyl sites for hydroxylation is 1. The van der Waals surface area contributed by atoms with Gasteiger partial charge in [0.1, 0.15) is 0 Å². The summed E-state index contributed by atoms with van der Waals surface area (Å²) in [5, 5.41) is 0. The van der Waals surface area contributed by atoms with Gasteiger partial charge in [-0.2, -0.15) is 0 Å². The van der Waals surface area contributed by atoms with Crippen molar-refractivity contribution in [1.82, 2.24) is 0 Å². The average Bonchev–Trinajstić information content (AvgIpc) is 2.67. The van der Waals surface area contributed by atoms with Gasteiger partial charge in [0, 0.05) is 0 Å². The summed E-state index contributed by atoms with van der Waals surface area (Å²) in [5.41, 5.74) is 3.88. The van der Waals surface area contributed by atoms with Gasteiger partial charge in [-0.15, -0.1) is 0 Å². The van der Waals surface area contributed by atoms with Gasteiger partial charge >= 0.3 is 0 Å². The highest BCUT2D eigenvalue weighted by Gasteiger charge is 2.35. The molecule has 2 rings (SSSR count). The van der Waals surface area contributed by atoms with E-state index in [0.29, 0.717) is 5.41 Å². The van der Waals surface area contributed by atoms with E-state index < -0.39 is 0 Å². The molecule has 28 heavy (non-hydrogen) atoms. The van der Waals surface area contributed by atoms with Crippen LogP contribution in [0.15, 0.2) is 24.3 Å². The number of unbranched alkanes of at least 4 members (excludes halogenated alkanes) is 6. The number of rotatable bonds is 14. The van der Waals surface area contributed by atoms with Crippen molar-refractivity contribution in [2.45, 2.75) is 129 Å². The van der Waals surface area contributed by atoms with Gasteiger partial charge in [0.2, 0.25) is 0 Å². The molecule has 0 unspecified atom stereocenters. The van der Waals surface area contributed by atoms with Crippen LogP contribution in [0.1, 0.15) is 129 Å². The topological polar surface area (TPSA) is 0 Å². The van der Waals surface area contributed by atoms with Gasteiger partial charge in [-0.25, -0.2) is 0 Å². The van der Waals surface area contributed by atoms with Crippen LogP contribution in [0.25, 0.3) is 0 Å². The Labute approximate surface area is 176 Å². The first-order valence-corrected chi connectivity index (χ1v) is 12.6. The minimum atomic E-state index is 0.491. The smallest absolute Gasteiger partial charge is 0.00441 e. The van der Waals surface area contributed by atoms with Crippen molar-refractivity contribution in [2.24, 2.45) is 11.8 Å². The highest BCUT2D eigenvalue weighted by atomic mass is 14.4. The predicted molar refractivity (Wildman–Crippen MR) is 126 cm³/mol. The van der Waals surface area contributed by atoms with Crippen LogP contribution in [0.4, 0.5) is 0 Å². The van der Waals surface area contributed by atoms with Crippen molar-refractivity contribution in [3.63, 3.8) is 0 Å². The Hall–Kier alpha value is -0.780. The third kappa shape index (κ3) is 7.92. The molecule has 0 saturated heterocycles. The van der Waals surface area contributed by atoms with Crippen LogP contribution in [-0.2, 0) is 11.8 Å². The Balaban J connectivity index is 1.88. The van der Waals surface area contributed by atoms with Crippen LogP contribution >= 0.6 is 0 Å². The number of hydrogen-bond donors (Lipinski definition) is 0. The number of hydrogen-bond acceptors (Lipinski definition) is 0. The van der Waals surface area contributed by atoms with E-state index in [1.54, 1.807) is 11.1 Å². The molecule has 0 nitrogen and oxygen atoms in total. The van der Waals surface area contributed by atoms with E-state index >= 15 is 0 Å². The maximum absolute atomic E-state index is 2.48. The summed E-state index contributed by atoms with van der Waals surface area (Å²) in [6.07, 6.45) is 21.3. The SMILES string of the molecule is CC(C)CCCCCCC1(CCCCCCC(C)C)CCCc2ccccc21. The van der Waals surface area contributed by atoms with Gasteiger partial charge in [0.25, 0.3) is 0 Å². The maximum atomic E-state index is 2.48. The summed E-state index contributed by atoms with van der Waals surface area (Å²) < 4.78 is 0. The van der Waals surface area contributed by atoms with Crippen molar-refractivity contribution in [3.05, 3.63) is 35.4 Å². The quantitative estimate of drug-likeness (QED) is 0.280. The van der Waals surface area contributed by atoms with Crippen LogP contribution in [0.3, 0.4) is 0 Å². The van der Waals surface area contributed by atoms with Gasteiger partial charge in [-0.3, -0.25) is 0 Å². The lowest BCUT2D eigenvalue weighted by atomic mass is 9.64. The molecule has 0 heteroatoms. The minimum absolute atomic E-state index is 0.491. The molecule has 1 aliphatic rings. The number of benzene rings is 1.